The minimum absolute atomic E-state index is 0.0953. The molecule has 0 bridgehead atoms. The minimum Gasteiger partial charge on any atom is -0.465 e. The summed E-state index contributed by atoms with van der Waals surface area (Å²) in [5.74, 6) is 0.907. The molecule has 0 spiro atoms. The number of aryl methyl sites for hydroxylation is 1. The lowest BCUT2D eigenvalue weighted by Crippen LogP contribution is -2.50. The first kappa shape index (κ1) is 20.9. The van der Waals surface area contributed by atoms with Crippen LogP contribution in [0.1, 0.15) is 24.1 Å². The zero-order chi connectivity index (χ0) is 21.1. The average Bonchev–Trinajstić information content (AvgIpc) is 2.67. The van der Waals surface area contributed by atoms with E-state index in [0.29, 0.717) is 6.54 Å². The minimum atomic E-state index is -1.06. The van der Waals surface area contributed by atoms with Crippen LogP contribution in [-0.2, 0) is 4.79 Å². The van der Waals surface area contributed by atoms with E-state index in [4.69, 9.17) is 4.98 Å². The van der Waals surface area contributed by atoms with E-state index < -0.39 is 6.09 Å². The molecule has 0 aliphatic carbocycles. The molecule has 1 fully saturated rings. The molecule has 8 heteroatoms. The van der Waals surface area contributed by atoms with Gasteiger partial charge in [-0.3, -0.25) is 9.69 Å². The monoisotopic (exact) mass is 399 g/mol. The lowest BCUT2D eigenvalue weighted by Gasteiger charge is -2.37. The number of carboxylic acid groups (broad SMARTS) is 1. The van der Waals surface area contributed by atoms with Crippen LogP contribution in [-0.4, -0.2) is 78.7 Å². The van der Waals surface area contributed by atoms with Gasteiger partial charge in [0.25, 0.3) is 0 Å². The maximum absolute atomic E-state index is 12.0. The van der Waals surface area contributed by atoms with E-state index in [1.807, 2.05) is 38.1 Å². The van der Waals surface area contributed by atoms with Gasteiger partial charge < -0.3 is 20.2 Å². The van der Waals surface area contributed by atoms with E-state index in [-0.39, 0.29) is 11.9 Å². The molecular formula is C21H29N5O3. The normalized spacial score (nSPS) is 15.9. The number of aromatic nitrogens is 1. The molecule has 1 aliphatic heterocycles. The first-order valence-electron chi connectivity index (χ1n) is 9.83. The molecule has 1 atom stereocenters. The van der Waals surface area contributed by atoms with Crippen molar-refractivity contribution in [1.29, 1.82) is 0 Å². The van der Waals surface area contributed by atoms with Crippen molar-refractivity contribution >= 4 is 28.7 Å². The zero-order valence-corrected chi connectivity index (χ0v) is 17.5. The number of benzene rings is 1. The molecule has 2 aromatic rings. The Balaban J connectivity index is 1.88. The Labute approximate surface area is 171 Å². The number of nitrogens with one attached hydrogen (secondary N) is 1. The SMILES string of the molecule is Cc1cccc2cc(C(C)NC(=O)O)c(N3CCN(CC(=O)N(C)C)CC3)nc12. The molecule has 1 saturated heterocycles. The average molecular weight is 399 g/mol. The first-order valence-corrected chi connectivity index (χ1v) is 9.83. The van der Waals surface area contributed by atoms with Crippen molar-refractivity contribution < 1.29 is 14.7 Å². The predicted molar refractivity (Wildman–Crippen MR) is 113 cm³/mol. The number of likely N-dealkylation sites (N-methyl/N-ethyl adjacent to an activating group) is 1. The second-order valence-electron chi connectivity index (χ2n) is 7.77. The Hall–Kier alpha value is -2.87. The van der Waals surface area contributed by atoms with E-state index in [2.05, 4.69) is 15.1 Å². The highest BCUT2D eigenvalue weighted by molar-refractivity contribution is 5.85. The number of amides is 2. The number of nitrogens with zero attached hydrogens (tertiary/aromatic N) is 4. The van der Waals surface area contributed by atoms with Crippen LogP contribution in [0.15, 0.2) is 24.3 Å². The highest BCUT2D eigenvalue weighted by Crippen LogP contribution is 2.30. The summed E-state index contributed by atoms with van der Waals surface area (Å²) in [6.07, 6.45) is -1.06. The van der Waals surface area contributed by atoms with Crippen LogP contribution >= 0.6 is 0 Å². The lowest BCUT2D eigenvalue weighted by molar-refractivity contribution is -0.129. The van der Waals surface area contributed by atoms with Crippen LogP contribution in [0, 0.1) is 6.92 Å². The molecule has 2 N–H and O–H groups in total. The zero-order valence-electron chi connectivity index (χ0n) is 17.5. The summed E-state index contributed by atoms with van der Waals surface area (Å²) in [7, 11) is 3.53. The topological polar surface area (TPSA) is 89.0 Å². The molecule has 29 heavy (non-hydrogen) atoms. The van der Waals surface area contributed by atoms with Crippen molar-refractivity contribution in [3.63, 3.8) is 0 Å². The number of para-hydroxylation sites is 1. The Morgan fingerprint density at radius 2 is 1.93 bits per heavy atom. The number of piperazine rings is 1. The second-order valence-corrected chi connectivity index (χ2v) is 7.77. The van der Waals surface area contributed by atoms with Gasteiger partial charge in [-0.25, -0.2) is 9.78 Å². The molecule has 8 nitrogen and oxygen atoms in total. The second kappa shape index (κ2) is 8.65. The van der Waals surface area contributed by atoms with Crippen LogP contribution in [0.25, 0.3) is 10.9 Å². The van der Waals surface area contributed by atoms with E-state index in [1.165, 1.54) is 0 Å². The summed E-state index contributed by atoms with van der Waals surface area (Å²) in [4.78, 5) is 34.1. The van der Waals surface area contributed by atoms with E-state index >= 15 is 0 Å². The number of anilines is 1. The van der Waals surface area contributed by atoms with E-state index in [1.54, 1.807) is 19.0 Å². The van der Waals surface area contributed by atoms with Crippen molar-refractivity contribution in [2.24, 2.45) is 0 Å². The van der Waals surface area contributed by atoms with Crippen molar-refractivity contribution in [3.8, 4) is 0 Å². The van der Waals surface area contributed by atoms with Crippen molar-refractivity contribution in [2.75, 3.05) is 51.7 Å². The van der Waals surface area contributed by atoms with Gasteiger partial charge in [-0.2, -0.15) is 0 Å². The fourth-order valence-electron chi connectivity index (χ4n) is 3.64. The van der Waals surface area contributed by atoms with Gasteiger partial charge in [0.1, 0.15) is 5.82 Å². The Morgan fingerprint density at radius 3 is 2.55 bits per heavy atom. The van der Waals surface area contributed by atoms with Gasteiger partial charge in [-0.1, -0.05) is 18.2 Å². The fraction of sp³-hybridized carbons (Fsp3) is 0.476. The van der Waals surface area contributed by atoms with Gasteiger partial charge in [0.2, 0.25) is 5.91 Å². The third kappa shape index (κ3) is 4.76. The largest absolute Gasteiger partial charge is 0.465 e. The van der Waals surface area contributed by atoms with Gasteiger partial charge in [-0.15, -0.1) is 0 Å². The van der Waals surface area contributed by atoms with Crippen LogP contribution in [0.2, 0.25) is 0 Å². The van der Waals surface area contributed by atoms with Crippen LogP contribution in [0.3, 0.4) is 0 Å². The van der Waals surface area contributed by atoms with Gasteiger partial charge in [-0.05, 0) is 25.5 Å². The summed E-state index contributed by atoms with van der Waals surface area (Å²) < 4.78 is 0. The third-order valence-corrected chi connectivity index (χ3v) is 5.39. The van der Waals surface area contributed by atoms with Crippen LogP contribution < -0.4 is 10.2 Å². The number of pyridine rings is 1. The summed E-state index contributed by atoms with van der Waals surface area (Å²) in [6, 6.07) is 7.67. The van der Waals surface area contributed by atoms with Crippen LogP contribution in [0.4, 0.5) is 10.6 Å². The Bertz CT molecular complexity index is 907. The van der Waals surface area contributed by atoms with Crippen molar-refractivity contribution in [3.05, 3.63) is 35.4 Å². The predicted octanol–water partition coefficient (Wildman–Crippen LogP) is 2.08. The number of carbonyl (C=O) groups excluding carboxylic acids is 1. The van der Waals surface area contributed by atoms with E-state index in [9.17, 15) is 14.7 Å². The number of rotatable bonds is 5. The molecule has 0 saturated carbocycles. The standard InChI is InChI=1S/C21H29N5O3/c1-14-6-5-7-16-12-17(15(2)22-21(28)29)20(23-19(14)16)26-10-8-25(9-11-26)13-18(27)24(3)4/h5-7,12,15,22H,8-11,13H2,1-4H3,(H,28,29). The highest BCUT2D eigenvalue weighted by Gasteiger charge is 2.25. The van der Waals surface area contributed by atoms with Crippen molar-refractivity contribution in [1.82, 2.24) is 20.1 Å². The van der Waals surface area contributed by atoms with Gasteiger partial charge in [0.15, 0.2) is 0 Å². The summed E-state index contributed by atoms with van der Waals surface area (Å²) in [5.41, 5.74) is 2.88. The summed E-state index contributed by atoms with van der Waals surface area (Å²) in [6.45, 7) is 7.26. The summed E-state index contributed by atoms with van der Waals surface area (Å²) in [5, 5.41) is 12.7. The van der Waals surface area contributed by atoms with Gasteiger partial charge in [0, 0.05) is 51.2 Å². The molecule has 2 amide bonds. The molecule has 1 aliphatic rings. The molecule has 0 radical (unpaired) electrons. The third-order valence-electron chi connectivity index (χ3n) is 5.39. The van der Waals surface area contributed by atoms with Crippen LogP contribution in [0.5, 0.6) is 0 Å². The Kier molecular flexibility index (Phi) is 6.22. The molecule has 1 unspecified atom stereocenters. The molecule has 2 heterocycles. The number of fused-ring (bicyclic) bond motifs is 1. The lowest BCUT2D eigenvalue weighted by atomic mass is 10.0. The van der Waals surface area contributed by atoms with Gasteiger partial charge >= 0.3 is 6.09 Å². The molecular weight excluding hydrogens is 370 g/mol. The fourth-order valence-corrected chi connectivity index (χ4v) is 3.64. The number of hydrogen-bond acceptors (Lipinski definition) is 5. The number of hydrogen-bond donors (Lipinski definition) is 2. The molecule has 3 rings (SSSR count). The van der Waals surface area contributed by atoms with E-state index in [0.717, 1.165) is 54.0 Å². The number of carbonyl (C=O) groups is 2. The molecule has 156 valence electrons. The highest BCUT2D eigenvalue weighted by atomic mass is 16.4. The quantitative estimate of drug-likeness (QED) is 0.800. The van der Waals surface area contributed by atoms with Crippen molar-refractivity contribution in [2.45, 2.75) is 19.9 Å². The molecule has 1 aromatic carbocycles. The van der Waals surface area contributed by atoms with Gasteiger partial charge in [0.05, 0.1) is 18.1 Å². The Morgan fingerprint density at radius 1 is 1.24 bits per heavy atom. The maximum atomic E-state index is 12.0. The smallest absolute Gasteiger partial charge is 0.405 e. The molecule has 1 aromatic heterocycles. The summed E-state index contributed by atoms with van der Waals surface area (Å²) >= 11 is 0. The maximum Gasteiger partial charge on any atom is 0.405 e. The first-order chi connectivity index (χ1) is 13.8.